The molecule has 2 rings (SSSR count). The molecule has 2 N–H and O–H groups in total. The van der Waals surface area contributed by atoms with Crippen molar-refractivity contribution in [1.29, 1.82) is 0 Å². The molecule has 19 heavy (non-hydrogen) atoms. The molecule has 0 saturated carbocycles. The Kier molecular flexibility index (Phi) is 4.16. The van der Waals surface area contributed by atoms with Gasteiger partial charge in [-0.1, -0.05) is 0 Å². The van der Waals surface area contributed by atoms with Crippen LogP contribution in [0.2, 0.25) is 0 Å². The highest BCUT2D eigenvalue weighted by atomic mass is 79.9. The molecule has 1 unspecified atom stereocenters. The number of nitro benzene ring substituents is 1. The highest BCUT2D eigenvalue weighted by molar-refractivity contribution is 9.10. The van der Waals surface area contributed by atoms with Crippen LogP contribution in [0.15, 0.2) is 16.6 Å². The minimum Gasteiger partial charge on any atom is -0.325 e. The SMILES string of the molecule is Cc1cc(Br)c(NC(=O)C2CCNC2)cc1[N+](=O)[O-]. The lowest BCUT2D eigenvalue weighted by Crippen LogP contribution is -2.24. The van der Waals surface area contributed by atoms with Gasteiger partial charge in [0.15, 0.2) is 0 Å². The summed E-state index contributed by atoms with van der Waals surface area (Å²) in [6, 6.07) is 3.03. The number of nitrogens with zero attached hydrogens (tertiary/aromatic N) is 1. The summed E-state index contributed by atoms with van der Waals surface area (Å²) in [5.74, 6) is -0.184. The van der Waals surface area contributed by atoms with Crippen molar-refractivity contribution in [3.8, 4) is 0 Å². The monoisotopic (exact) mass is 327 g/mol. The van der Waals surface area contributed by atoms with Crippen molar-refractivity contribution < 1.29 is 9.72 Å². The van der Waals surface area contributed by atoms with Crippen molar-refractivity contribution in [1.82, 2.24) is 5.32 Å². The van der Waals surface area contributed by atoms with Crippen molar-refractivity contribution in [2.24, 2.45) is 5.92 Å². The zero-order valence-corrected chi connectivity index (χ0v) is 12.0. The van der Waals surface area contributed by atoms with E-state index in [-0.39, 0.29) is 17.5 Å². The number of aryl methyl sites for hydroxylation is 1. The predicted molar refractivity (Wildman–Crippen MR) is 75.1 cm³/mol. The Morgan fingerprint density at radius 3 is 2.89 bits per heavy atom. The van der Waals surface area contributed by atoms with Crippen molar-refractivity contribution >= 4 is 33.2 Å². The fourth-order valence-corrected chi connectivity index (χ4v) is 2.62. The van der Waals surface area contributed by atoms with Crippen LogP contribution in [0.5, 0.6) is 0 Å². The van der Waals surface area contributed by atoms with Gasteiger partial charge in [0.05, 0.1) is 16.5 Å². The molecule has 1 aromatic rings. The molecule has 102 valence electrons. The molecule has 1 aliphatic heterocycles. The molecule has 0 aromatic heterocycles. The molecule has 0 radical (unpaired) electrons. The lowest BCUT2D eigenvalue weighted by atomic mass is 10.1. The number of amides is 1. The van der Waals surface area contributed by atoms with Crippen LogP contribution in [-0.2, 0) is 4.79 Å². The van der Waals surface area contributed by atoms with Gasteiger partial charge in [-0.05, 0) is 41.9 Å². The van der Waals surface area contributed by atoms with Crippen LogP contribution < -0.4 is 10.6 Å². The van der Waals surface area contributed by atoms with Gasteiger partial charge in [-0.15, -0.1) is 0 Å². The van der Waals surface area contributed by atoms with Gasteiger partial charge < -0.3 is 10.6 Å². The number of carbonyl (C=O) groups excluding carboxylic acids is 1. The van der Waals surface area contributed by atoms with Crippen molar-refractivity contribution in [2.45, 2.75) is 13.3 Å². The highest BCUT2D eigenvalue weighted by Gasteiger charge is 2.24. The van der Waals surface area contributed by atoms with Gasteiger partial charge in [0.1, 0.15) is 0 Å². The van der Waals surface area contributed by atoms with Crippen LogP contribution in [0.25, 0.3) is 0 Å². The van der Waals surface area contributed by atoms with Gasteiger partial charge in [-0.3, -0.25) is 14.9 Å². The third kappa shape index (κ3) is 3.10. The summed E-state index contributed by atoms with van der Waals surface area (Å²) in [6.07, 6.45) is 0.789. The normalized spacial score (nSPS) is 18.3. The maximum atomic E-state index is 12.0. The Hall–Kier alpha value is -1.47. The average molecular weight is 328 g/mol. The van der Waals surface area contributed by atoms with Gasteiger partial charge in [0.2, 0.25) is 5.91 Å². The summed E-state index contributed by atoms with van der Waals surface area (Å²) in [7, 11) is 0. The molecule has 6 nitrogen and oxygen atoms in total. The van der Waals surface area contributed by atoms with Crippen molar-refractivity contribution in [3.63, 3.8) is 0 Å². The molecular formula is C12H14BrN3O3. The van der Waals surface area contributed by atoms with E-state index in [9.17, 15) is 14.9 Å². The first-order valence-electron chi connectivity index (χ1n) is 5.95. The Labute approximate surface area is 118 Å². The van der Waals surface area contributed by atoms with Crippen molar-refractivity contribution in [2.75, 3.05) is 18.4 Å². The van der Waals surface area contributed by atoms with Gasteiger partial charge in [0.25, 0.3) is 5.69 Å². The van der Waals surface area contributed by atoms with Gasteiger partial charge in [-0.2, -0.15) is 0 Å². The lowest BCUT2D eigenvalue weighted by molar-refractivity contribution is -0.385. The smallest absolute Gasteiger partial charge is 0.274 e. The zero-order valence-electron chi connectivity index (χ0n) is 10.4. The van der Waals surface area contributed by atoms with Crippen LogP contribution in [0.3, 0.4) is 0 Å². The molecule has 1 heterocycles. The number of hydrogen-bond donors (Lipinski definition) is 2. The molecule has 0 aliphatic carbocycles. The summed E-state index contributed by atoms with van der Waals surface area (Å²) in [5.41, 5.74) is 0.995. The number of anilines is 1. The number of rotatable bonds is 3. The molecule has 1 saturated heterocycles. The number of benzene rings is 1. The Balaban J connectivity index is 2.21. The van der Waals surface area contributed by atoms with E-state index in [1.165, 1.54) is 6.07 Å². The maximum Gasteiger partial charge on any atom is 0.274 e. The molecule has 0 spiro atoms. The summed E-state index contributed by atoms with van der Waals surface area (Å²) in [6.45, 7) is 3.14. The van der Waals surface area contributed by atoms with E-state index < -0.39 is 4.92 Å². The third-order valence-corrected chi connectivity index (χ3v) is 3.83. The molecule has 0 bridgehead atoms. The van der Waals surface area contributed by atoms with Crippen LogP contribution in [-0.4, -0.2) is 23.9 Å². The minimum absolute atomic E-state index is 0.00282. The van der Waals surface area contributed by atoms with Crippen LogP contribution >= 0.6 is 15.9 Å². The van der Waals surface area contributed by atoms with E-state index in [1.807, 2.05) is 0 Å². The maximum absolute atomic E-state index is 12.0. The van der Waals surface area contributed by atoms with Crippen molar-refractivity contribution in [3.05, 3.63) is 32.3 Å². The largest absolute Gasteiger partial charge is 0.325 e. The number of nitro groups is 1. The van der Waals surface area contributed by atoms with E-state index in [0.717, 1.165) is 13.0 Å². The molecule has 1 amide bonds. The topological polar surface area (TPSA) is 84.3 Å². The number of halogens is 1. The zero-order chi connectivity index (χ0) is 14.0. The van der Waals surface area contributed by atoms with E-state index >= 15 is 0 Å². The Bertz CT molecular complexity index is 527. The molecule has 7 heteroatoms. The Morgan fingerprint density at radius 1 is 1.58 bits per heavy atom. The standard InChI is InChI=1S/C12H14BrN3O3/c1-7-4-9(13)10(5-11(7)16(18)19)15-12(17)8-2-3-14-6-8/h4-5,8,14H,2-3,6H2,1H3,(H,15,17). The first kappa shape index (κ1) is 14.0. The fraction of sp³-hybridized carbons (Fsp3) is 0.417. The average Bonchev–Trinajstić information content (AvgIpc) is 2.85. The summed E-state index contributed by atoms with van der Waals surface area (Å²) in [5, 5.41) is 16.8. The van der Waals surface area contributed by atoms with E-state index in [1.54, 1.807) is 13.0 Å². The van der Waals surface area contributed by atoms with Gasteiger partial charge in [0, 0.05) is 22.6 Å². The van der Waals surface area contributed by atoms with Crippen LogP contribution in [0.4, 0.5) is 11.4 Å². The number of hydrogen-bond acceptors (Lipinski definition) is 4. The van der Waals surface area contributed by atoms with Crippen LogP contribution in [0.1, 0.15) is 12.0 Å². The fourth-order valence-electron chi connectivity index (χ4n) is 2.07. The molecule has 1 atom stereocenters. The summed E-state index contributed by atoms with van der Waals surface area (Å²) >= 11 is 3.31. The first-order valence-corrected chi connectivity index (χ1v) is 6.74. The third-order valence-electron chi connectivity index (χ3n) is 3.17. The van der Waals surface area contributed by atoms with Crippen LogP contribution in [0, 0.1) is 23.0 Å². The Morgan fingerprint density at radius 2 is 2.32 bits per heavy atom. The van der Waals surface area contributed by atoms with Gasteiger partial charge >= 0.3 is 0 Å². The molecule has 1 aromatic carbocycles. The van der Waals surface area contributed by atoms with E-state index in [4.69, 9.17) is 0 Å². The minimum atomic E-state index is -0.450. The van der Waals surface area contributed by atoms with E-state index in [2.05, 4.69) is 26.6 Å². The molecule has 1 fully saturated rings. The van der Waals surface area contributed by atoms with Gasteiger partial charge in [-0.25, -0.2) is 0 Å². The summed E-state index contributed by atoms with van der Waals surface area (Å²) in [4.78, 5) is 22.4. The second-order valence-corrected chi connectivity index (χ2v) is 5.41. The van der Waals surface area contributed by atoms with E-state index in [0.29, 0.717) is 22.3 Å². The predicted octanol–water partition coefficient (Wildman–Crippen LogP) is 2.21. The molecular weight excluding hydrogens is 314 g/mol. The number of carbonyl (C=O) groups is 1. The second-order valence-electron chi connectivity index (χ2n) is 4.55. The molecule has 1 aliphatic rings. The number of nitrogens with one attached hydrogen (secondary N) is 2. The quantitative estimate of drug-likeness (QED) is 0.658. The first-order chi connectivity index (χ1) is 8.99. The lowest BCUT2D eigenvalue weighted by Gasteiger charge is -2.12. The second kappa shape index (κ2) is 5.66. The highest BCUT2D eigenvalue weighted by Crippen LogP contribution is 2.31. The summed E-state index contributed by atoms with van der Waals surface area (Å²) < 4.78 is 0.648.